The van der Waals surface area contributed by atoms with Crippen molar-refractivity contribution in [1.82, 2.24) is 5.32 Å². The van der Waals surface area contributed by atoms with Gasteiger partial charge in [-0.2, -0.15) is 0 Å². The molecule has 1 aliphatic carbocycles. The zero-order chi connectivity index (χ0) is 18.8. The van der Waals surface area contributed by atoms with Gasteiger partial charge in [0.1, 0.15) is 0 Å². The summed E-state index contributed by atoms with van der Waals surface area (Å²) < 4.78 is 31.2. The number of hydrogen-bond donors (Lipinski definition) is 3. The Balaban J connectivity index is 1.59. The number of carbonyl (C=O) groups excluding carboxylic acids is 1. The minimum Gasteiger partial charge on any atom is -0.373 e. The van der Waals surface area contributed by atoms with Crippen molar-refractivity contribution in [2.24, 2.45) is 0 Å². The molecular weight excluding hydrogens is 354 g/mol. The Hall–Kier alpha value is -1.80. The fourth-order valence-corrected chi connectivity index (χ4v) is 4.41. The number of rotatable bonds is 4. The summed E-state index contributed by atoms with van der Waals surface area (Å²) >= 11 is 0. The van der Waals surface area contributed by atoms with Gasteiger partial charge in [0.2, 0.25) is 10.0 Å². The van der Waals surface area contributed by atoms with E-state index in [1.807, 2.05) is 6.92 Å². The summed E-state index contributed by atoms with van der Waals surface area (Å²) in [4.78, 5) is 12.4. The maximum Gasteiger partial charge on any atom is 0.319 e. The maximum atomic E-state index is 12.4. The minimum absolute atomic E-state index is 0.00531. The van der Waals surface area contributed by atoms with Crippen LogP contribution in [-0.4, -0.2) is 39.0 Å². The second-order valence-corrected chi connectivity index (χ2v) is 9.21. The van der Waals surface area contributed by atoms with Crippen molar-refractivity contribution >= 4 is 27.4 Å². The third-order valence-electron chi connectivity index (χ3n) is 5.10. The number of aryl methyl sites for hydroxylation is 1. The van der Waals surface area contributed by atoms with Crippen LogP contribution in [0, 0.1) is 6.92 Å². The summed E-state index contributed by atoms with van der Waals surface area (Å²) in [6.45, 7) is 2.40. The van der Waals surface area contributed by atoms with Gasteiger partial charge in [-0.3, -0.25) is 4.72 Å². The summed E-state index contributed by atoms with van der Waals surface area (Å²) in [6, 6.07) is 4.75. The normalized spacial score (nSPS) is 22.2. The van der Waals surface area contributed by atoms with Crippen LogP contribution in [0.5, 0.6) is 0 Å². The van der Waals surface area contributed by atoms with Crippen LogP contribution in [0.4, 0.5) is 16.2 Å². The molecule has 3 N–H and O–H groups in total. The van der Waals surface area contributed by atoms with E-state index in [2.05, 4.69) is 15.4 Å². The molecule has 2 amide bonds. The molecule has 1 atom stereocenters. The van der Waals surface area contributed by atoms with Crippen LogP contribution in [0.25, 0.3) is 0 Å². The number of urea groups is 1. The van der Waals surface area contributed by atoms with Crippen molar-refractivity contribution < 1.29 is 17.9 Å². The highest BCUT2D eigenvalue weighted by Gasteiger charge is 2.41. The van der Waals surface area contributed by atoms with E-state index in [0.717, 1.165) is 31.1 Å². The SMILES string of the molecule is Cc1ccc(NS(C)(=O)=O)cc1NC(=O)N[C@@H]1COC2(CCCCC2)C1. The van der Waals surface area contributed by atoms with Gasteiger partial charge in [-0.25, -0.2) is 13.2 Å². The second kappa shape index (κ2) is 7.44. The standard InChI is InChI=1S/C18H27N3O4S/c1-13-6-7-14(21-26(2,23)24)10-16(13)20-17(22)19-15-11-18(25-12-15)8-4-3-5-9-18/h6-7,10,15,21H,3-5,8-9,11-12H2,1-2H3,(H2,19,20,22)/t15-/m0/s1. The third-order valence-corrected chi connectivity index (χ3v) is 5.70. The molecule has 8 heteroatoms. The van der Waals surface area contributed by atoms with Crippen LogP contribution in [-0.2, 0) is 14.8 Å². The number of anilines is 2. The molecule has 1 aromatic rings. The molecule has 0 bridgehead atoms. The fourth-order valence-electron chi connectivity index (χ4n) is 3.86. The molecule has 26 heavy (non-hydrogen) atoms. The van der Waals surface area contributed by atoms with Crippen molar-refractivity contribution in [3.8, 4) is 0 Å². The molecule has 0 aromatic heterocycles. The molecule has 0 radical (unpaired) electrons. The molecule has 1 saturated carbocycles. The molecule has 7 nitrogen and oxygen atoms in total. The van der Waals surface area contributed by atoms with E-state index >= 15 is 0 Å². The highest BCUT2D eigenvalue weighted by molar-refractivity contribution is 7.92. The topological polar surface area (TPSA) is 96.5 Å². The molecule has 2 aliphatic rings. The second-order valence-electron chi connectivity index (χ2n) is 7.46. The highest BCUT2D eigenvalue weighted by atomic mass is 32.2. The van der Waals surface area contributed by atoms with Gasteiger partial charge >= 0.3 is 6.03 Å². The lowest BCUT2D eigenvalue weighted by Gasteiger charge is -2.32. The summed E-state index contributed by atoms with van der Waals surface area (Å²) in [5, 5.41) is 5.79. The van der Waals surface area contributed by atoms with Crippen LogP contribution in [0.3, 0.4) is 0 Å². The average Bonchev–Trinajstić information content (AvgIpc) is 2.92. The van der Waals surface area contributed by atoms with Gasteiger partial charge in [-0.15, -0.1) is 0 Å². The third kappa shape index (κ3) is 4.88. The molecule has 144 valence electrons. The van der Waals surface area contributed by atoms with E-state index in [4.69, 9.17) is 4.74 Å². The maximum absolute atomic E-state index is 12.4. The Labute approximate surface area is 154 Å². The molecule has 1 spiro atoms. The number of hydrogen-bond acceptors (Lipinski definition) is 4. The lowest BCUT2D eigenvalue weighted by atomic mass is 9.82. The van der Waals surface area contributed by atoms with Gasteiger partial charge in [0.05, 0.1) is 30.2 Å². The zero-order valence-electron chi connectivity index (χ0n) is 15.3. The largest absolute Gasteiger partial charge is 0.373 e. The Bertz CT molecular complexity index is 773. The first-order valence-electron chi connectivity index (χ1n) is 9.05. The molecule has 1 heterocycles. The first-order chi connectivity index (χ1) is 12.2. The van der Waals surface area contributed by atoms with Gasteiger partial charge in [0, 0.05) is 5.69 Å². The number of ether oxygens (including phenoxy) is 1. The Morgan fingerprint density at radius 3 is 2.65 bits per heavy atom. The van der Waals surface area contributed by atoms with Crippen molar-refractivity contribution in [1.29, 1.82) is 0 Å². The van der Waals surface area contributed by atoms with E-state index in [-0.39, 0.29) is 17.7 Å². The summed E-state index contributed by atoms with van der Waals surface area (Å²) in [7, 11) is -3.36. The fraction of sp³-hybridized carbons (Fsp3) is 0.611. The monoisotopic (exact) mass is 381 g/mol. The Kier molecular flexibility index (Phi) is 5.43. The van der Waals surface area contributed by atoms with E-state index in [1.54, 1.807) is 18.2 Å². The highest BCUT2D eigenvalue weighted by Crippen LogP contribution is 2.39. The quantitative estimate of drug-likeness (QED) is 0.747. The summed E-state index contributed by atoms with van der Waals surface area (Å²) in [6.07, 6.45) is 7.75. The van der Waals surface area contributed by atoms with Crippen molar-refractivity contribution in [2.75, 3.05) is 22.9 Å². The Morgan fingerprint density at radius 1 is 1.23 bits per heavy atom. The van der Waals surface area contributed by atoms with Crippen molar-refractivity contribution in [3.63, 3.8) is 0 Å². The zero-order valence-corrected chi connectivity index (χ0v) is 16.1. The van der Waals surface area contributed by atoms with Gasteiger partial charge in [0.25, 0.3) is 0 Å². The van der Waals surface area contributed by atoms with Gasteiger partial charge < -0.3 is 15.4 Å². The number of amides is 2. The summed E-state index contributed by atoms with van der Waals surface area (Å²) in [5.41, 5.74) is 1.79. The smallest absolute Gasteiger partial charge is 0.319 e. The van der Waals surface area contributed by atoms with Crippen LogP contribution in [0.15, 0.2) is 18.2 Å². The lowest BCUT2D eigenvalue weighted by Crippen LogP contribution is -2.39. The molecule has 2 fully saturated rings. The molecule has 1 saturated heterocycles. The number of carbonyl (C=O) groups is 1. The lowest BCUT2D eigenvalue weighted by molar-refractivity contribution is -0.0245. The van der Waals surface area contributed by atoms with E-state index in [1.165, 1.54) is 19.3 Å². The molecular formula is C18H27N3O4S. The Morgan fingerprint density at radius 2 is 1.96 bits per heavy atom. The van der Waals surface area contributed by atoms with Crippen LogP contribution in [0.1, 0.15) is 44.1 Å². The van der Waals surface area contributed by atoms with Gasteiger partial charge in [-0.1, -0.05) is 25.3 Å². The van der Waals surface area contributed by atoms with Crippen LogP contribution < -0.4 is 15.4 Å². The van der Waals surface area contributed by atoms with E-state index < -0.39 is 10.0 Å². The predicted octanol–water partition coefficient (Wildman–Crippen LogP) is 2.98. The first-order valence-corrected chi connectivity index (χ1v) is 10.9. The molecule has 1 aliphatic heterocycles. The number of nitrogens with one attached hydrogen (secondary N) is 3. The van der Waals surface area contributed by atoms with Crippen molar-refractivity contribution in [2.45, 2.75) is 57.1 Å². The van der Waals surface area contributed by atoms with Gasteiger partial charge in [-0.05, 0) is 43.9 Å². The van der Waals surface area contributed by atoms with E-state index in [0.29, 0.717) is 18.0 Å². The average molecular weight is 381 g/mol. The molecule has 0 unspecified atom stereocenters. The predicted molar refractivity (Wildman–Crippen MR) is 102 cm³/mol. The number of benzene rings is 1. The van der Waals surface area contributed by atoms with Crippen LogP contribution >= 0.6 is 0 Å². The summed E-state index contributed by atoms with van der Waals surface area (Å²) in [5.74, 6) is 0. The van der Waals surface area contributed by atoms with Crippen LogP contribution in [0.2, 0.25) is 0 Å². The minimum atomic E-state index is -3.36. The molecule has 1 aromatic carbocycles. The van der Waals surface area contributed by atoms with Crippen molar-refractivity contribution in [3.05, 3.63) is 23.8 Å². The first kappa shape index (κ1) is 19.0. The number of sulfonamides is 1. The van der Waals surface area contributed by atoms with E-state index in [9.17, 15) is 13.2 Å². The van der Waals surface area contributed by atoms with Gasteiger partial charge in [0.15, 0.2) is 0 Å². The molecule has 3 rings (SSSR count).